The van der Waals surface area contributed by atoms with E-state index in [1.165, 1.54) is 6.92 Å². The summed E-state index contributed by atoms with van der Waals surface area (Å²) in [7, 11) is 0. The van der Waals surface area contributed by atoms with Gasteiger partial charge in [0.05, 0.1) is 11.3 Å². The molecule has 0 saturated carbocycles. The van der Waals surface area contributed by atoms with Gasteiger partial charge in [0.1, 0.15) is 11.8 Å². The van der Waals surface area contributed by atoms with E-state index in [4.69, 9.17) is 4.74 Å². The first-order valence-electron chi connectivity index (χ1n) is 12.2. The maximum atomic E-state index is 12.8. The van der Waals surface area contributed by atoms with Crippen molar-refractivity contribution in [1.82, 2.24) is 10.2 Å². The van der Waals surface area contributed by atoms with Gasteiger partial charge in [0.25, 0.3) is 5.91 Å². The lowest BCUT2D eigenvalue weighted by molar-refractivity contribution is -0.164. The van der Waals surface area contributed by atoms with Crippen LogP contribution in [0.15, 0.2) is 84.9 Å². The van der Waals surface area contributed by atoms with Crippen molar-refractivity contribution in [2.75, 3.05) is 31.1 Å². The number of piperidine rings is 1. The van der Waals surface area contributed by atoms with Crippen LogP contribution in [0.4, 0.5) is 5.69 Å². The molecule has 5 rings (SSSR count). The Morgan fingerprint density at radius 3 is 2.23 bits per heavy atom. The number of nitrogens with zero attached hydrogens (tertiary/aromatic N) is 2. The Kier molecular flexibility index (Phi) is 6.55. The van der Waals surface area contributed by atoms with Gasteiger partial charge in [0.15, 0.2) is 0 Å². The van der Waals surface area contributed by atoms with Gasteiger partial charge in [-0.15, -0.1) is 0 Å². The third-order valence-electron chi connectivity index (χ3n) is 7.11. The Balaban J connectivity index is 1.32. The summed E-state index contributed by atoms with van der Waals surface area (Å²) in [6.07, 6.45) is 1.30. The molecule has 0 spiro atoms. The summed E-state index contributed by atoms with van der Waals surface area (Å²) in [5.74, 6) is -0.286. The highest BCUT2D eigenvalue weighted by Crippen LogP contribution is 2.37. The lowest BCUT2D eigenvalue weighted by Gasteiger charge is -2.43. The van der Waals surface area contributed by atoms with Gasteiger partial charge in [-0.25, -0.2) is 0 Å². The molecule has 180 valence electrons. The number of fused-ring (bicyclic) bond motifs is 1. The Morgan fingerprint density at radius 2 is 1.54 bits per heavy atom. The van der Waals surface area contributed by atoms with E-state index >= 15 is 0 Å². The third-order valence-corrected chi connectivity index (χ3v) is 7.11. The van der Waals surface area contributed by atoms with E-state index in [0.29, 0.717) is 5.56 Å². The molecule has 1 N–H and O–H groups in total. The lowest BCUT2D eigenvalue weighted by Crippen LogP contribution is -2.51. The van der Waals surface area contributed by atoms with Gasteiger partial charge in [-0.05, 0) is 23.3 Å². The number of hydrogen-bond donors (Lipinski definition) is 1. The van der Waals surface area contributed by atoms with Crippen LogP contribution in [-0.2, 0) is 15.1 Å². The molecule has 2 heterocycles. The lowest BCUT2D eigenvalue weighted by atomic mass is 9.84. The molecule has 3 aromatic carbocycles. The second-order valence-corrected chi connectivity index (χ2v) is 9.29. The number of hydrogen-bond acceptors (Lipinski definition) is 5. The molecule has 0 aromatic heterocycles. The first-order valence-corrected chi connectivity index (χ1v) is 12.2. The monoisotopic (exact) mass is 469 g/mol. The van der Waals surface area contributed by atoms with Crippen LogP contribution in [0.5, 0.6) is 0 Å². The number of carbonyl (C=O) groups is 2. The fourth-order valence-corrected chi connectivity index (χ4v) is 5.34. The van der Waals surface area contributed by atoms with Crippen LogP contribution in [-0.4, -0.2) is 43.0 Å². The standard InChI is InChI=1S/C29H31N3O3/c1-22(33)35-29(24-12-6-3-7-13-24)16-18-31(19-17-29)20-21-32-26-15-9-8-14-25(26)28(34)30-27(32)23-10-4-2-5-11-23/h2-15,27H,16-21H2,1H3,(H,30,34). The average Bonchev–Trinajstić information content (AvgIpc) is 2.90. The van der Waals surface area contributed by atoms with E-state index in [2.05, 4.69) is 39.4 Å². The number of para-hydroxylation sites is 1. The molecule has 1 saturated heterocycles. The Morgan fingerprint density at radius 1 is 0.914 bits per heavy atom. The van der Waals surface area contributed by atoms with E-state index in [-0.39, 0.29) is 18.0 Å². The Hall–Kier alpha value is -3.64. The molecule has 1 amide bonds. The molecule has 0 aliphatic carbocycles. The zero-order chi connectivity index (χ0) is 24.3. The van der Waals surface area contributed by atoms with Crippen molar-refractivity contribution in [3.63, 3.8) is 0 Å². The number of benzene rings is 3. The molecular weight excluding hydrogens is 438 g/mol. The van der Waals surface area contributed by atoms with Gasteiger partial charge < -0.3 is 19.9 Å². The minimum Gasteiger partial charge on any atom is -0.454 e. The molecule has 6 nitrogen and oxygen atoms in total. The maximum absolute atomic E-state index is 12.8. The topological polar surface area (TPSA) is 61.9 Å². The van der Waals surface area contributed by atoms with Crippen molar-refractivity contribution in [1.29, 1.82) is 0 Å². The number of likely N-dealkylation sites (tertiary alicyclic amines) is 1. The predicted octanol–water partition coefficient (Wildman–Crippen LogP) is 4.49. The summed E-state index contributed by atoms with van der Waals surface area (Å²) < 4.78 is 5.92. The number of anilines is 1. The van der Waals surface area contributed by atoms with Crippen LogP contribution in [0.3, 0.4) is 0 Å². The van der Waals surface area contributed by atoms with Crippen LogP contribution < -0.4 is 10.2 Å². The average molecular weight is 470 g/mol. The highest BCUT2D eigenvalue weighted by Gasteiger charge is 2.39. The molecule has 3 aromatic rings. The number of amides is 1. The highest BCUT2D eigenvalue weighted by molar-refractivity contribution is 6.02. The summed E-state index contributed by atoms with van der Waals surface area (Å²) in [5.41, 5.74) is 3.22. The van der Waals surface area contributed by atoms with E-state index < -0.39 is 5.60 Å². The van der Waals surface area contributed by atoms with Gasteiger partial charge in [-0.1, -0.05) is 72.8 Å². The van der Waals surface area contributed by atoms with E-state index in [1.807, 2.05) is 60.7 Å². The van der Waals surface area contributed by atoms with Gasteiger partial charge in [-0.2, -0.15) is 0 Å². The summed E-state index contributed by atoms with van der Waals surface area (Å²) in [6, 6.07) is 28.0. The van der Waals surface area contributed by atoms with Crippen molar-refractivity contribution < 1.29 is 14.3 Å². The van der Waals surface area contributed by atoms with Crippen molar-refractivity contribution >= 4 is 17.6 Å². The van der Waals surface area contributed by atoms with E-state index in [1.54, 1.807) is 0 Å². The van der Waals surface area contributed by atoms with E-state index in [9.17, 15) is 9.59 Å². The molecule has 1 fully saturated rings. The molecule has 1 atom stereocenters. The SMILES string of the molecule is CC(=O)OC1(c2ccccc2)CCN(CCN2c3ccccc3C(=O)NC2c2ccccc2)CC1. The molecule has 35 heavy (non-hydrogen) atoms. The first kappa shape index (κ1) is 23.1. The van der Waals surface area contributed by atoms with Crippen molar-refractivity contribution in [2.45, 2.75) is 31.5 Å². The minimum absolute atomic E-state index is 0.0438. The second kappa shape index (κ2) is 9.92. The fraction of sp³-hybridized carbons (Fsp3) is 0.310. The summed E-state index contributed by atoms with van der Waals surface area (Å²) >= 11 is 0. The molecule has 1 unspecified atom stereocenters. The Bertz CT molecular complexity index is 1170. The van der Waals surface area contributed by atoms with Crippen LogP contribution in [0, 0.1) is 0 Å². The maximum Gasteiger partial charge on any atom is 0.303 e. The van der Waals surface area contributed by atoms with Gasteiger partial charge in [-0.3, -0.25) is 9.59 Å². The Labute approximate surface area is 206 Å². The number of carbonyl (C=O) groups excluding carboxylic acids is 2. The van der Waals surface area contributed by atoms with Crippen molar-refractivity contribution in [3.05, 3.63) is 102 Å². The number of rotatable bonds is 6. The summed E-state index contributed by atoms with van der Waals surface area (Å²) in [4.78, 5) is 29.5. The highest BCUT2D eigenvalue weighted by atomic mass is 16.6. The summed E-state index contributed by atoms with van der Waals surface area (Å²) in [6.45, 7) is 4.77. The molecule has 0 bridgehead atoms. The number of ether oxygens (including phenoxy) is 1. The predicted molar refractivity (Wildman–Crippen MR) is 136 cm³/mol. The molecule has 0 radical (unpaired) electrons. The zero-order valence-corrected chi connectivity index (χ0v) is 20.0. The van der Waals surface area contributed by atoms with E-state index in [0.717, 1.165) is 55.8 Å². The zero-order valence-electron chi connectivity index (χ0n) is 20.0. The fourth-order valence-electron chi connectivity index (χ4n) is 5.34. The van der Waals surface area contributed by atoms with Gasteiger partial charge in [0, 0.05) is 45.9 Å². The van der Waals surface area contributed by atoms with Crippen LogP contribution >= 0.6 is 0 Å². The van der Waals surface area contributed by atoms with Gasteiger partial charge >= 0.3 is 5.97 Å². The largest absolute Gasteiger partial charge is 0.454 e. The normalized spacial score (nSPS) is 19.5. The molecule has 2 aliphatic heterocycles. The van der Waals surface area contributed by atoms with Crippen LogP contribution in [0.2, 0.25) is 0 Å². The van der Waals surface area contributed by atoms with Crippen molar-refractivity contribution in [3.8, 4) is 0 Å². The smallest absolute Gasteiger partial charge is 0.303 e. The molecule has 6 heteroatoms. The van der Waals surface area contributed by atoms with Gasteiger partial charge in [0.2, 0.25) is 0 Å². The second-order valence-electron chi connectivity index (χ2n) is 9.29. The summed E-state index contributed by atoms with van der Waals surface area (Å²) in [5, 5.41) is 3.19. The number of nitrogens with one attached hydrogen (secondary N) is 1. The van der Waals surface area contributed by atoms with Crippen LogP contribution in [0.25, 0.3) is 0 Å². The van der Waals surface area contributed by atoms with Crippen molar-refractivity contribution in [2.24, 2.45) is 0 Å². The van der Waals surface area contributed by atoms with Crippen LogP contribution in [0.1, 0.15) is 47.4 Å². The molecule has 2 aliphatic rings. The third kappa shape index (κ3) is 4.80. The quantitative estimate of drug-likeness (QED) is 0.539. The molecular formula is C29H31N3O3. The first-order chi connectivity index (χ1) is 17.1. The number of esters is 1. The minimum atomic E-state index is -0.568.